The topological polar surface area (TPSA) is 167 Å². The van der Waals surface area contributed by atoms with Crippen LogP contribution in [0.15, 0.2) is 53.7 Å². The Morgan fingerprint density at radius 1 is 0.927 bits per heavy atom. The molecule has 0 unspecified atom stereocenters. The summed E-state index contributed by atoms with van der Waals surface area (Å²) in [6.45, 7) is 10.4. The van der Waals surface area contributed by atoms with Crippen LogP contribution in [0.25, 0.3) is 22.3 Å². The Labute approximate surface area is 321 Å². The number of H-pyrrole nitrogens is 2. The molecule has 2 aromatic heterocycles. The van der Waals surface area contributed by atoms with Crippen LogP contribution < -0.4 is 5.32 Å². The molecule has 0 radical (unpaired) electrons. The van der Waals surface area contributed by atoms with E-state index in [0.29, 0.717) is 12.4 Å². The number of nitrogens with zero attached hydrogens (tertiary/aromatic N) is 5. The van der Waals surface area contributed by atoms with Crippen molar-refractivity contribution in [3.05, 3.63) is 71.4 Å². The number of rotatable bonds is 11. The minimum Gasteiger partial charge on any atom is -0.453 e. The monoisotopic (exact) mass is 750 g/mol. The molecule has 4 heterocycles. The van der Waals surface area contributed by atoms with Gasteiger partial charge in [0.15, 0.2) is 0 Å². The summed E-state index contributed by atoms with van der Waals surface area (Å²) in [6.07, 6.45) is 5.64. The van der Waals surface area contributed by atoms with Gasteiger partial charge in [0.25, 0.3) is 0 Å². The van der Waals surface area contributed by atoms with Gasteiger partial charge in [-0.2, -0.15) is 4.89 Å². The van der Waals surface area contributed by atoms with Crippen molar-refractivity contribution >= 4 is 35.3 Å². The lowest BCUT2D eigenvalue weighted by Crippen LogP contribution is -2.52. The molecule has 5 atom stereocenters. The van der Waals surface area contributed by atoms with Gasteiger partial charge in [0.1, 0.15) is 23.7 Å². The summed E-state index contributed by atoms with van der Waals surface area (Å²) in [6, 6.07) is 12.1. The number of carbonyl (C=O) groups is 3. The Morgan fingerprint density at radius 3 is 2.38 bits per heavy atom. The molecule has 290 valence electrons. The van der Waals surface area contributed by atoms with E-state index in [-0.39, 0.29) is 41.8 Å². The van der Waals surface area contributed by atoms with Gasteiger partial charge in [0.05, 0.1) is 49.2 Å². The number of fused-ring (bicyclic) bond motifs is 1. The standard InChI is InChI=1S/C41H50N8O6/c1-24(2)35(43-23-55-54-7)39(50)48-20-8-9-33(48)37-42-22-32(46-37)29-16-13-27(14-17-29)11-12-28-15-18-30-31(21-28)45-38(44-30)34-19-10-26(5)49(34)40(51)36(25(3)4)47-41(52)53-6/h13-18,21-26,33-36H,8-10,19-20H2,1-7H3,(H,42,46)(H,44,45)(H,47,52)/t26-,33-,34-,35-,36-/m0/s1. The molecule has 2 fully saturated rings. The number of aromatic amines is 2. The van der Waals surface area contributed by atoms with Gasteiger partial charge in [-0.1, -0.05) is 51.7 Å². The number of imidazole rings is 2. The molecule has 55 heavy (non-hydrogen) atoms. The third-order valence-corrected chi connectivity index (χ3v) is 10.4. The second kappa shape index (κ2) is 17.2. The van der Waals surface area contributed by atoms with Crippen LogP contribution in [0.4, 0.5) is 4.79 Å². The number of ether oxygens (including phenoxy) is 1. The van der Waals surface area contributed by atoms with E-state index in [4.69, 9.17) is 14.6 Å². The van der Waals surface area contributed by atoms with E-state index in [1.807, 2.05) is 86.9 Å². The number of aliphatic imine (C=N–C) groups is 1. The number of carbonyl (C=O) groups excluding carboxylic acids is 3. The van der Waals surface area contributed by atoms with Crippen molar-refractivity contribution in [1.82, 2.24) is 35.1 Å². The predicted octanol–water partition coefficient (Wildman–Crippen LogP) is 6.08. The molecular weight excluding hydrogens is 701 g/mol. The lowest BCUT2D eigenvalue weighted by Gasteiger charge is -2.32. The molecule has 0 saturated carbocycles. The highest BCUT2D eigenvalue weighted by atomic mass is 17.2. The number of benzene rings is 2. The molecule has 2 aromatic carbocycles. The van der Waals surface area contributed by atoms with Crippen molar-refractivity contribution in [2.75, 3.05) is 20.8 Å². The number of hydrogen-bond acceptors (Lipinski definition) is 9. The highest BCUT2D eigenvalue weighted by Gasteiger charge is 2.41. The van der Waals surface area contributed by atoms with Gasteiger partial charge in [-0.3, -0.25) is 9.59 Å². The summed E-state index contributed by atoms with van der Waals surface area (Å²) in [4.78, 5) is 73.1. The van der Waals surface area contributed by atoms with E-state index in [2.05, 4.69) is 42.0 Å². The molecule has 3 N–H and O–H groups in total. The summed E-state index contributed by atoms with van der Waals surface area (Å²) in [5, 5.41) is 2.71. The minimum atomic E-state index is -0.709. The fourth-order valence-electron chi connectivity index (χ4n) is 7.42. The summed E-state index contributed by atoms with van der Waals surface area (Å²) in [5.41, 5.74) is 5.13. The molecule has 4 aromatic rings. The van der Waals surface area contributed by atoms with Crippen molar-refractivity contribution in [2.24, 2.45) is 16.8 Å². The van der Waals surface area contributed by atoms with E-state index in [9.17, 15) is 14.4 Å². The van der Waals surface area contributed by atoms with E-state index in [0.717, 1.165) is 64.9 Å². The fraction of sp³-hybridized carbons (Fsp3) is 0.463. The highest BCUT2D eigenvalue weighted by Crippen LogP contribution is 2.37. The van der Waals surface area contributed by atoms with Crippen molar-refractivity contribution in [2.45, 2.75) is 90.5 Å². The molecule has 14 heteroatoms. The van der Waals surface area contributed by atoms with Crippen molar-refractivity contribution in [3.8, 4) is 23.1 Å². The first kappa shape index (κ1) is 39.0. The third-order valence-electron chi connectivity index (χ3n) is 10.4. The van der Waals surface area contributed by atoms with Crippen LogP contribution in [0.5, 0.6) is 0 Å². The number of nitrogens with one attached hydrogen (secondary N) is 3. The Hall–Kier alpha value is -5.68. The van der Waals surface area contributed by atoms with Gasteiger partial charge < -0.3 is 34.7 Å². The van der Waals surface area contributed by atoms with Crippen LogP contribution in [0.1, 0.15) is 95.2 Å². The smallest absolute Gasteiger partial charge is 0.407 e. The molecule has 2 aliphatic heterocycles. The van der Waals surface area contributed by atoms with Gasteiger partial charge >= 0.3 is 6.09 Å². The lowest BCUT2D eigenvalue weighted by atomic mass is 10.0. The Bertz CT molecular complexity index is 2080. The van der Waals surface area contributed by atoms with Crippen LogP contribution >= 0.6 is 0 Å². The number of aromatic nitrogens is 4. The fourth-order valence-corrected chi connectivity index (χ4v) is 7.42. The van der Waals surface area contributed by atoms with Gasteiger partial charge in [-0.15, -0.1) is 0 Å². The zero-order chi connectivity index (χ0) is 39.2. The second-order valence-corrected chi connectivity index (χ2v) is 14.8. The van der Waals surface area contributed by atoms with Crippen molar-refractivity contribution in [3.63, 3.8) is 0 Å². The molecule has 0 aliphatic carbocycles. The lowest BCUT2D eigenvalue weighted by molar-refractivity contribution is -0.188. The minimum absolute atomic E-state index is 0.00565. The highest BCUT2D eigenvalue weighted by molar-refractivity contribution is 5.87. The SMILES string of the molecule is COOC=N[C@H](C(=O)N1CCC[C@H]1c1ncc(-c2ccc(C#Cc3ccc4nc([C@@H]5CC[C@H](C)N5C(=O)[C@@H](NC(=O)OC)C(C)C)[nH]c4c3)cc2)[nH]1)C(C)C. The van der Waals surface area contributed by atoms with E-state index in [1.165, 1.54) is 20.6 Å². The number of alkyl carbamates (subject to hydrolysis) is 1. The first-order valence-corrected chi connectivity index (χ1v) is 18.8. The molecule has 2 aliphatic rings. The second-order valence-electron chi connectivity index (χ2n) is 14.8. The largest absolute Gasteiger partial charge is 0.453 e. The Morgan fingerprint density at radius 2 is 1.67 bits per heavy atom. The molecule has 0 bridgehead atoms. The van der Waals surface area contributed by atoms with Crippen molar-refractivity contribution in [1.29, 1.82) is 0 Å². The van der Waals surface area contributed by atoms with Gasteiger partial charge in [0, 0.05) is 23.7 Å². The van der Waals surface area contributed by atoms with E-state index >= 15 is 0 Å². The number of likely N-dealkylation sites (tertiary alicyclic amines) is 2. The normalized spacial score (nSPS) is 19.5. The quantitative estimate of drug-likeness (QED) is 0.0545. The molecule has 0 spiro atoms. The van der Waals surface area contributed by atoms with Gasteiger partial charge in [-0.05, 0) is 80.3 Å². The van der Waals surface area contributed by atoms with Gasteiger partial charge in [0.2, 0.25) is 18.2 Å². The summed E-state index contributed by atoms with van der Waals surface area (Å²) in [5.74, 6) is 7.65. The van der Waals surface area contributed by atoms with Crippen LogP contribution in [-0.4, -0.2) is 92.9 Å². The van der Waals surface area contributed by atoms with E-state index in [1.54, 1.807) is 6.20 Å². The average molecular weight is 751 g/mol. The van der Waals surface area contributed by atoms with Crippen molar-refractivity contribution < 1.29 is 28.9 Å². The maximum Gasteiger partial charge on any atom is 0.407 e. The summed E-state index contributed by atoms with van der Waals surface area (Å²) in [7, 11) is 2.68. The average Bonchev–Trinajstić information content (AvgIpc) is 4.00. The first-order chi connectivity index (χ1) is 26.5. The molecule has 14 nitrogen and oxygen atoms in total. The molecule has 6 rings (SSSR count). The molecular formula is C41H50N8O6. The maximum absolute atomic E-state index is 13.8. The van der Waals surface area contributed by atoms with Crippen LogP contribution in [-0.2, 0) is 24.1 Å². The van der Waals surface area contributed by atoms with Gasteiger partial charge in [-0.25, -0.2) is 19.8 Å². The number of amides is 3. The number of hydrogen-bond donors (Lipinski definition) is 3. The first-order valence-electron chi connectivity index (χ1n) is 18.8. The zero-order valence-corrected chi connectivity index (χ0v) is 32.5. The maximum atomic E-state index is 13.8. The van der Waals surface area contributed by atoms with Crippen LogP contribution in [0.2, 0.25) is 0 Å². The van der Waals surface area contributed by atoms with Crippen LogP contribution in [0.3, 0.4) is 0 Å². The summed E-state index contributed by atoms with van der Waals surface area (Å²) >= 11 is 0. The predicted molar refractivity (Wildman–Crippen MR) is 207 cm³/mol. The summed E-state index contributed by atoms with van der Waals surface area (Å²) < 4.78 is 4.78. The zero-order valence-electron chi connectivity index (χ0n) is 32.5. The molecule has 2 saturated heterocycles. The molecule has 3 amide bonds. The Balaban J connectivity index is 1.13. The van der Waals surface area contributed by atoms with E-state index < -0.39 is 18.2 Å². The Kier molecular flexibility index (Phi) is 12.2. The third kappa shape index (κ3) is 8.67. The number of methoxy groups -OCH3 is 1. The van der Waals surface area contributed by atoms with Crippen LogP contribution in [0, 0.1) is 23.7 Å².